The van der Waals surface area contributed by atoms with Gasteiger partial charge in [-0.05, 0) is 90.6 Å². The minimum atomic E-state index is -2.87. The van der Waals surface area contributed by atoms with Crippen LogP contribution in [0.1, 0.15) is 38.5 Å². The number of nitrogens with zero attached hydrogens (tertiary/aromatic N) is 3. The van der Waals surface area contributed by atoms with Crippen molar-refractivity contribution in [3.63, 3.8) is 0 Å². The van der Waals surface area contributed by atoms with Crippen molar-refractivity contribution in [2.75, 3.05) is 5.32 Å². The van der Waals surface area contributed by atoms with Gasteiger partial charge in [-0.3, -0.25) is 4.79 Å². The zero-order chi connectivity index (χ0) is 20.2. The summed E-state index contributed by atoms with van der Waals surface area (Å²) in [5.74, 6) is 1.10. The molecule has 4 fully saturated rings. The Bertz CT molecular complexity index is 919. The van der Waals surface area contributed by atoms with Crippen molar-refractivity contribution in [3.8, 4) is 5.75 Å². The van der Waals surface area contributed by atoms with Crippen molar-refractivity contribution in [1.82, 2.24) is 14.8 Å². The molecule has 2 unspecified atom stereocenters. The minimum absolute atomic E-state index is 0.0117. The van der Waals surface area contributed by atoms with Crippen LogP contribution in [0, 0.1) is 17.3 Å². The predicted molar refractivity (Wildman–Crippen MR) is 105 cm³/mol. The first-order chi connectivity index (χ1) is 13.9. The Morgan fingerprint density at radius 3 is 2.48 bits per heavy atom. The molecule has 4 bridgehead atoms. The SMILES string of the molecule is O=C(Nc1ccc(OC(F)F)cc1)C12CC3CC(C1)CC(n1cnc(Br)n1)(C3)C2. The second kappa shape index (κ2) is 6.75. The number of carbonyl (C=O) groups is 1. The lowest BCUT2D eigenvalue weighted by atomic mass is 9.46. The third-order valence-corrected chi connectivity index (χ3v) is 7.16. The summed E-state index contributed by atoms with van der Waals surface area (Å²) in [4.78, 5) is 17.6. The summed E-state index contributed by atoms with van der Waals surface area (Å²) in [6.07, 6.45) is 7.54. The molecule has 1 aromatic carbocycles. The van der Waals surface area contributed by atoms with Gasteiger partial charge in [0.1, 0.15) is 12.1 Å². The number of carbonyl (C=O) groups excluding carboxylic acids is 1. The van der Waals surface area contributed by atoms with Crippen LogP contribution < -0.4 is 10.1 Å². The lowest BCUT2D eigenvalue weighted by Gasteiger charge is -2.60. The molecule has 6 nitrogen and oxygen atoms in total. The molecule has 4 aliphatic carbocycles. The van der Waals surface area contributed by atoms with E-state index in [0.29, 0.717) is 22.3 Å². The van der Waals surface area contributed by atoms with E-state index in [1.54, 1.807) is 18.5 Å². The van der Waals surface area contributed by atoms with Crippen molar-refractivity contribution >= 4 is 27.5 Å². The third kappa shape index (κ3) is 3.33. The van der Waals surface area contributed by atoms with Gasteiger partial charge in [0, 0.05) is 5.69 Å². The molecule has 154 valence electrons. The van der Waals surface area contributed by atoms with E-state index in [1.807, 2.05) is 4.68 Å². The van der Waals surface area contributed by atoms with Crippen LogP contribution in [-0.4, -0.2) is 27.3 Å². The summed E-state index contributed by atoms with van der Waals surface area (Å²) < 4.78 is 31.6. The summed E-state index contributed by atoms with van der Waals surface area (Å²) >= 11 is 3.34. The lowest BCUT2D eigenvalue weighted by Crippen LogP contribution is -2.60. The first-order valence-corrected chi connectivity index (χ1v) is 10.6. The number of amides is 1. The van der Waals surface area contributed by atoms with Gasteiger partial charge in [-0.2, -0.15) is 8.78 Å². The largest absolute Gasteiger partial charge is 0.435 e. The van der Waals surface area contributed by atoms with Crippen molar-refractivity contribution in [1.29, 1.82) is 0 Å². The fraction of sp³-hybridized carbons (Fsp3) is 0.550. The van der Waals surface area contributed by atoms with Gasteiger partial charge in [0.25, 0.3) is 0 Å². The summed E-state index contributed by atoms with van der Waals surface area (Å²) in [7, 11) is 0. The average Bonchev–Trinajstić information content (AvgIpc) is 3.09. The number of nitrogens with one attached hydrogen (secondary N) is 1. The van der Waals surface area contributed by atoms with E-state index in [4.69, 9.17) is 0 Å². The van der Waals surface area contributed by atoms with Gasteiger partial charge < -0.3 is 10.1 Å². The average molecular weight is 467 g/mol. The van der Waals surface area contributed by atoms with E-state index in [1.165, 1.54) is 18.6 Å². The Morgan fingerprint density at radius 1 is 1.21 bits per heavy atom. The summed E-state index contributed by atoms with van der Waals surface area (Å²) in [5, 5.41) is 7.54. The van der Waals surface area contributed by atoms with Crippen molar-refractivity contribution in [2.45, 2.75) is 50.7 Å². The zero-order valence-corrected chi connectivity index (χ0v) is 17.2. The molecule has 1 heterocycles. The minimum Gasteiger partial charge on any atom is -0.435 e. The van der Waals surface area contributed by atoms with E-state index < -0.39 is 12.0 Å². The van der Waals surface area contributed by atoms with Crippen molar-refractivity contribution in [3.05, 3.63) is 35.3 Å². The molecule has 6 rings (SSSR count). The topological polar surface area (TPSA) is 69.0 Å². The highest BCUT2D eigenvalue weighted by atomic mass is 79.9. The highest BCUT2D eigenvalue weighted by Gasteiger charge is 2.61. The van der Waals surface area contributed by atoms with E-state index in [2.05, 4.69) is 36.1 Å². The van der Waals surface area contributed by atoms with Crippen LogP contribution in [0.25, 0.3) is 0 Å². The molecule has 0 aliphatic heterocycles. The molecule has 2 aromatic rings. The van der Waals surface area contributed by atoms with Crippen LogP contribution >= 0.6 is 15.9 Å². The standard InChI is InChI=1S/C20H21BrF2N4O2/c21-17-24-11-27(26-17)20-8-12-5-13(9-20)7-19(6-12,10-20)16(28)25-14-1-3-15(4-2-14)29-18(22)23/h1-4,11-13,18H,5-10H2,(H,25,28). The van der Waals surface area contributed by atoms with Gasteiger partial charge in [0.05, 0.1) is 11.0 Å². The second-order valence-corrected chi connectivity index (χ2v) is 9.49. The lowest BCUT2D eigenvalue weighted by molar-refractivity contribution is -0.150. The van der Waals surface area contributed by atoms with Crippen LogP contribution in [0.3, 0.4) is 0 Å². The Labute approximate surface area is 175 Å². The van der Waals surface area contributed by atoms with Gasteiger partial charge >= 0.3 is 6.61 Å². The molecule has 0 radical (unpaired) electrons. The Hall–Kier alpha value is -2.03. The normalized spacial score (nSPS) is 32.6. The van der Waals surface area contributed by atoms with E-state index in [0.717, 1.165) is 32.1 Å². The Balaban J connectivity index is 1.38. The molecular formula is C20H21BrF2N4O2. The smallest absolute Gasteiger partial charge is 0.387 e. The van der Waals surface area contributed by atoms with E-state index in [-0.39, 0.29) is 17.2 Å². The maximum absolute atomic E-state index is 13.4. The monoisotopic (exact) mass is 466 g/mol. The molecule has 1 aromatic heterocycles. The Morgan fingerprint density at radius 2 is 1.90 bits per heavy atom. The zero-order valence-electron chi connectivity index (χ0n) is 15.7. The van der Waals surface area contributed by atoms with Gasteiger partial charge in [0.2, 0.25) is 10.6 Å². The molecule has 0 saturated heterocycles. The maximum atomic E-state index is 13.4. The highest BCUT2D eigenvalue weighted by molar-refractivity contribution is 9.10. The predicted octanol–water partition coefficient (Wildman–Crippen LogP) is 4.58. The van der Waals surface area contributed by atoms with Crippen molar-refractivity contribution in [2.24, 2.45) is 17.3 Å². The molecule has 4 aliphatic rings. The maximum Gasteiger partial charge on any atom is 0.387 e. The van der Waals surface area contributed by atoms with Gasteiger partial charge in [-0.1, -0.05) is 0 Å². The molecule has 4 saturated carbocycles. The van der Waals surface area contributed by atoms with Gasteiger partial charge in [-0.15, -0.1) is 5.10 Å². The number of ether oxygens (including phenoxy) is 1. The molecule has 0 spiro atoms. The van der Waals surface area contributed by atoms with E-state index in [9.17, 15) is 13.6 Å². The van der Waals surface area contributed by atoms with Gasteiger partial charge in [0.15, 0.2) is 0 Å². The van der Waals surface area contributed by atoms with Crippen LogP contribution in [0.2, 0.25) is 0 Å². The summed E-state index contributed by atoms with van der Waals surface area (Å²) in [6, 6.07) is 6.08. The second-order valence-electron chi connectivity index (χ2n) is 8.78. The van der Waals surface area contributed by atoms with Crippen LogP contribution in [-0.2, 0) is 10.3 Å². The summed E-state index contributed by atoms with van der Waals surface area (Å²) in [5.41, 5.74) is 0.000638. The number of halogens is 3. The van der Waals surface area contributed by atoms with Crippen LogP contribution in [0.5, 0.6) is 5.75 Å². The highest BCUT2D eigenvalue weighted by Crippen LogP contribution is 2.64. The van der Waals surface area contributed by atoms with Crippen LogP contribution in [0.15, 0.2) is 35.3 Å². The van der Waals surface area contributed by atoms with Crippen LogP contribution in [0.4, 0.5) is 14.5 Å². The molecule has 1 N–H and O–H groups in total. The van der Waals surface area contributed by atoms with Crippen molar-refractivity contribution < 1.29 is 18.3 Å². The molecule has 2 atom stereocenters. The van der Waals surface area contributed by atoms with Gasteiger partial charge in [-0.25, -0.2) is 9.67 Å². The number of rotatable bonds is 5. The number of anilines is 1. The molecule has 9 heteroatoms. The molecule has 1 amide bonds. The molecular weight excluding hydrogens is 446 g/mol. The third-order valence-electron chi connectivity index (χ3n) is 6.80. The summed E-state index contributed by atoms with van der Waals surface area (Å²) in [6.45, 7) is -2.87. The fourth-order valence-electron chi connectivity index (χ4n) is 6.20. The number of aromatic nitrogens is 3. The molecule has 29 heavy (non-hydrogen) atoms. The number of alkyl halides is 2. The first-order valence-electron chi connectivity index (χ1n) is 9.80. The first kappa shape index (κ1) is 19.0. The Kier molecular flexibility index (Phi) is 4.42. The quantitative estimate of drug-likeness (QED) is 0.700. The van der Waals surface area contributed by atoms with E-state index >= 15 is 0 Å². The fourth-order valence-corrected chi connectivity index (χ4v) is 6.47. The number of hydrogen-bond acceptors (Lipinski definition) is 4. The number of hydrogen-bond donors (Lipinski definition) is 1. The number of benzene rings is 1.